The second-order valence-corrected chi connectivity index (χ2v) is 3.30. The fourth-order valence-electron chi connectivity index (χ4n) is 0.967. The van der Waals surface area contributed by atoms with E-state index in [9.17, 15) is 18.9 Å². The maximum absolute atomic E-state index is 12.3. The highest BCUT2D eigenvalue weighted by Crippen LogP contribution is 2.29. The number of aliphatic hydroxyl groups is 1. The van der Waals surface area contributed by atoms with Gasteiger partial charge in [0.05, 0.1) is 17.1 Å². The molecule has 0 bridgehead atoms. The van der Waals surface area contributed by atoms with E-state index in [1.807, 2.05) is 0 Å². The largest absolute Gasteiger partial charge is 0.391 e. The Bertz CT molecular complexity index is 400. The number of nitrogens with zero attached hydrogens (tertiary/aromatic N) is 2. The molecule has 0 saturated carbocycles. The third-order valence-electron chi connectivity index (χ3n) is 1.65. The molecule has 0 unspecified atom stereocenters. The zero-order chi connectivity index (χ0) is 11.6. The Morgan fingerprint density at radius 3 is 2.67 bits per heavy atom. The van der Waals surface area contributed by atoms with Gasteiger partial charge in [0.25, 0.3) is 12.1 Å². The van der Waals surface area contributed by atoms with E-state index in [1.54, 1.807) is 0 Å². The van der Waals surface area contributed by atoms with Crippen LogP contribution < -0.4 is 0 Å². The van der Waals surface area contributed by atoms with Crippen molar-refractivity contribution in [2.75, 3.05) is 0 Å². The molecule has 0 aromatic carbocycles. The summed E-state index contributed by atoms with van der Waals surface area (Å²) in [5, 5.41) is 19.3. The Kier molecular flexibility index (Phi) is 3.64. The van der Waals surface area contributed by atoms with Crippen molar-refractivity contribution in [3.63, 3.8) is 0 Å². The predicted octanol–water partition coefficient (Wildman–Crippen LogP) is 2.18. The number of aliphatic hydroxyl groups excluding tert-OH is 1. The molecule has 0 amide bonds. The highest BCUT2D eigenvalue weighted by Gasteiger charge is 2.22. The molecule has 0 saturated heterocycles. The number of aromatic nitrogens is 1. The summed E-state index contributed by atoms with van der Waals surface area (Å²) in [4.78, 5) is 13.1. The van der Waals surface area contributed by atoms with Gasteiger partial charge in [-0.25, -0.2) is 13.8 Å². The van der Waals surface area contributed by atoms with E-state index in [2.05, 4.69) is 20.9 Å². The third-order valence-corrected chi connectivity index (χ3v) is 2.30. The van der Waals surface area contributed by atoms with Crippen LogP contribution in [0.3, 0.4) is 0 Å². The minimum absolute atomic E-state index is 0.121. The Morgan fingerprint density at radius 2 is 2.27 bits per heavy atom. The van der Waals surface area contributed by atoms with Crippen LogP contribution in [0.4, 0.5) is 14.5 Å². The molecule has 0 aliphatic heterocycles. The second-order valence-electron chi connectivity index (χ2n) is 2.55. The van der Waals surface area contributed by atoms with Crippen LogP contribution >= 0.6 is 15.9 Å². The van der Waals surface area contributed by atoms with Crippen molar-refractivity contribution in [3.05, 3.63) is 32.0 Å². The maximum atomic E-state index is 12.3. The molecular formula is C7H5BrF2N2O3. The highest BCUT2D eigenvalue weighted by molar-refractivity contribution is 9.10. The van der Waals surface area contributed by atoms with Gasteiger partial charge in [-0.2, -0.15) is 0 Å². The van der Waals surface area contributed by atoms with Gasteiger partial charge in [-0.15, -0.1) is 0 Å². The topological polar surface area (TPSA) is 76.3 Å². The first-order chi connectivity index (χ1) is 6.97. The second kappa shape index (κ2) is 4.58. The summed E-state index contributed by atoms with van der Waals surface area (Å²) in [6, 6.07) is 0.654. The molecule has 1 heterocycles. The lowest BCUT2D eigenvalue weighted by Crippen LogP contribution is -2.02. The zero-order valence-corrected chi connectivity index (χ0v) is 8.74. The van der Waals surface area contributed by atoms with Crippen molar-refractivity contribution in [3.8, 4) is 0 Å². The quantitative estimate of drug-likeness (QED) is 0.524. The van der Waals surface area contributed by atoms with Crippen molar-refractivity contribution in [2.45, 2.75) is 13.0 Å². The number of alkyl halides is 2. The smallest absolute Gasteiger partial charge is 0.280 e. The van der Waals surface area contributed by atoms with Gasteiger partial charge in [-0.05, 0) is 15.9 Å². The molecular weight excluding hydrogens is 278 g/mol. The number of pyridine rings is 1. The fraction of sp³-hybridized carbons (Fsp3) is 0.286. The molecule has 1 N–H and O–H groups in total. The standard InChI is InChI=1S/C7H5BrF2N2O3/c8-6-3(2-13)5(12(14)15)1-4(11-6)7(9)10/h1,7,13H,2H2. The Labute approximate surface area is 91.0 Å². The van der Waals surface area contributed by atoms with Crippen LogP contribution in [0.15, 0.2) is 10.7 Å². The molecule has 0 aliphatic rings. The van der Waals surface area contributed by atoms with Crippen molar-refractivity contribution in [2.24, 2.45) is 0 Å². The molecule has 8 heteroatoms. The van der Waals surface area contributed by atoms with E-state index >= 15 is 0 Å². The molecule has 5 nitrogen and oxygen atoms in total. The van der Waals surface area contributed by atoms with Gasteiger partial charge in [-0.3, -0.25) is 10.1 Å². The molecule has 0 radical (unpaired) electrons. The Morgan fingerprint density at radius 1 is 1.67 bits per heavy atom. The number of rotatable bonds is 3. The van der Waals surface area contributed by atoms with Gasteiger partial charge in [-0.1, -0.05) is 0 Å². The molecule has 0 spiro atoms. The minimum Gasteiger partial charge on any atom is -0.391 e. The Balaban J connectivity index is 3.38. The number of nitro groups is 1. The van der Waals surface area contributed by atoms with Crippen LogP contribution in [0.25, 0.3) is 0 Å². The average Bonchev–Trinajstić information content (AvgIpc) is 2.16. The van der Waals surface area contributed by atoms with E-state index in [-0.39, 0.29) is 10.2 Å². The normalized spacial score (nSPS) is 10.7. The van der Waals surface area contributed by atoms with E-state index in [0.29, 0.717) is 6.07 Å². The first-order valence-corrected chi connectivity index (χ1v) is 4.49. The summed E-state index contributed by atoms with van der Waals surface area (Å²) in [6.07, 6.45) is -2.90. The van der Waals surface area contributed by atoms with Gasteiger partial charge in [0, 0.05) is 6.07 Å². The molecule has 1 rings (SSSR count). The molecule has 82 valence electrons. The first kappa shape index (κ1) is 11.9. The van der Waals surface area contributed by atoms with Gasteiger partial charge in [0.2, 0.25) is 0 Å². The van der Waals surface area contributed by atoms with Crippen molar-refractivity contribution >= 4 is 21.6 Å². The van der Waals surface area contributed by atoms with E-state index in [1.165, 1.54) is 0 Å². The van der Waals surface area contributed by atoms with Crippen molar-refractivity contribution in [1.82, 2.24) is 4.98 Å². The van der Waals surface area contributed by atoms with E-state index in [4.69, 9.17) is 5.11 Å². The lowest BCUT2D eigenvalue weighted by molar-refractivity contribution is -0.386. The highest BCUT2D eigenvalue weighted by atomic mass is 79.9. The van der Waals surface area contributed by atoms with Crippen molar-refractivity contribution < 1.29 is 18.8 Å². The first-order valence-electron chi connectivity index (χ1n) is 3.70. The fourth-order valence-corrected chi connectivity index (χ4v) is 1.50. The van der Waals surface area contributed by atoms with Crippen molar-refractivity contribution in [1.29, 1.82) is 0 Å². The van der Waals surface area contributed by atoms with Crippen LogP contribution in [0.2, 0.25) is 0 Å². The molecule has 15 heavy (non-hydrogen) atoms. The monoisotopic (exact) mass is 282 g/mol. The SMILES string of the molecule is O=[N+]([O-])c1cc(C(F)F)nc(Br)c1CO. The summed E-state index contributed by atoms with van der Waals surface area (Å²) in [5.74, 6) is 0. The summed E-state index contributed by atoms with van der Waals surface area (Å²) in [6.45, 7) is -0.645. The van der Waals surface area contributed by atoms with Gasteiger partial charge in [0.15, 0.2) is 0 Å². The third kappa shape index (κ3) is 2.45. The molecule has 0 atom stereocenters. The summed E-state index contributed by atoms with van der Waals surface area (Å²) in [5.41, 5.74) is -1.40. The van der Waals surface area contributed by atoms with Crippen LogP contribution in [0.1, 0.15) is 17.7 Å². The van der Waals surface area contributed by atoms with E-state index < -0.39 is 29.3 Å². The molecule has 0 aliphatic carbocycles. The van der Waals surface area contributed by atoms with Crippen LogP contribution in [-0.2, 0) is 6.61 Å². The molecule has 1 aromatic heterocycles. The zero-order valence-electron chi connectivity index (χ0n) is 7.15. The summed E-state index contributed by atoms with van der Waals surface area (Å²) < 4.78 is 24.4. The van der Waals surface area contributed by atoms with Gasteiger partial charge >= 0.3 is 0 Å². The Hall–Kier alpha value is -1.15. The maximum Gasteiger partial charge on any atom is 0.280 e. The van der Waals surface area contributed by atoms with E-state index in [0.717, 1.165) is 0 Å². The van der Waals surface area contributed by atoms with Crippen LogP contribution in [0.5, 0.6) is 0 Å². The van der Waals surface area contributed by atoms with Gasteiger partial charge in [0.1, 0.15) is 10.3 Å². The number of halogens is 3. The van der Waals surface area contributed by atoms with Crippen LogP contribution in [0, 0.1) is 10.1 Å². The lowest BCUT2D eigenvalue weighted by Gasteiger charge is -2.04. The average molecular weight is 283 g/mol. The molecule has 1 aromatic rings. The minimum atomic E-state index is -2.90. The summed E-state index contributed by atoms with van der Waals surface area (Å²) in [7, 11) is 0. The predicted molar refractivity (Wildman–Crippen MR) is 49.5 cm³/mol. The number of hydrogen-bond donors (Lipinski definition) is 1. The molecule has 0 fully saturated rings. The lowest BCUT2D eigenvalue weighted by atomic mass is 10.2. The van der Waals surface area contributed by atoms with Crippen LogP contribution in [-0.4, -0.2) is 15.0 Å². The summed E-state index contributed by atoms with van der Waals surface area (Å²) >= 11 is 2.79. The van der Waals surface area contributed by atoms with Gasteiger partial charge < -0.3 is 5.11 Å². The number of hydrogen-bond acceptors (Lipinski definition) is 4.